The predicted molar refractivity (Wildman–Crippen MR) is 105 cm³/mol. The van der Waals surface area contributed by atoms with E-state index in [2.05, 4.69) is 4.98 Å². The number of likely N-dealkylation sites (N-methyl/N-ethyl adjacent to an activating group) is 1. The van der Waals surface area contributed by atoms with Crippen LogP contribution >= 0.6 is 0 Å². The molecule has 7 nitrogen and oxygen atoms in total. The topological polar surface area (TPSA) is 79.8 Å². The molecule has 1 saturated heterocycles. The highest BCUT2D eigenvalue weighted by Crippen LogP contribution is 2.18. The van der Waals surface area contributed by atoms with E-state index in [1.165, 1.54) is 19.2 Å². The molecule has 1 aromatic heterocycles. The molecule has 0 saturated carbocycles. The van der Waals surface area contributed by atoms with Crippen molar-refractivity contribution in [2.24, 2.45) is 0 Å². The number of ether oxygens (including phenoxy) is 1. The fraction of sp³-hybridized carbons (Fsp3) is 0.400. The molecule has 29 heavy (non-hydrogen) atoms. The van der Waals surface area contributed by atoms with Crippen molar-refractivity contribution in [3.8, 4) is 0 Å². The van der Waals surface area contributed by atoms with Crippen molar-refractivity contribution in [2.75, 3.05) is 26.7 Å². The molecular formula is C20H24FN3O4S. The number of aromatic nitrogens is 1. The number of carbonyl (C=O) groups excluding carboxylic acids is 1. The van der Waals surface area contributed by atoms with Gasteiger partial charge in [0.1, 0.15) is 5.82 Å². The fourth-order valence-electron chi connectivity index (χ4n) is 3.16. The second kappa shape index (κ2) is 9.43. The lowest BCUT2D eigenvalue weighted by Gasteiger charge is -2.27. The van der Waals surface area contributed by atoms with Crippen LogP contribution < -0.4 is 0 Å². The summed E-state index contributed by atoms with van der Waals surface area (Å²) < 4.78 is 45.1. The molecule has 1 atom stereocenters. The zero-order chi connectivity index (χ0) is 20.9. The molecule has 0 spiro atoms. The number of nitrogens with zero attached hydrogens (tertiary/aromatic N) is 3. The summed E-state index contributed by atoms with van der Waals surface area (Å²) in [5, 5.41) is 0. The van der Waals surface area contributed by atoms with Gasteiger partial charge < -0.3 is 9.64 Å². The minimum Gasteiger partial charge on any atom is -0.376 e. The van der Waals surface area contributed by atoms with Crippen molar-refractivity contribution in [1.82, 2.24) is 14.2 Å². The van der Waals surface area contributed by atoms with E-state index in [1.54, 1.807) is 23.4 Å². The van der Waals surface area contributed by atoms with Crippen molar-refractivity contribution < 1.29 is 22.3 Å². The number of carbonyl (C=O) groups is 1. The number of hydrogen-bond donors (Lipinski definition) is 0. The van der Waals surface area contributed by atoms with Gasteiger partial charge in [-0.2, -0.15) is 4.31 Å². The Balaban J connectivity index is 1.72. The molecule has 0 bridgehead atoms. The molecule has 1 unspecified atom stereocenters. The highest BCUT2D eigenvalue weighted by atomic mass is 32.2. The monoisotopic (exact) mass is 421 g/mol. The van der Waals surface area contributed by atoms with Crippen LogP contribution in [0.5, 0.6) is 0 Å². The van der Waals surface area contributed by atoms with Crippen molar-refractivity contribution in [1.29, 1.82) is 0 Å². The number of hydrogen-bond acceptors (Lipinski definition) is 5. The van der Waals surface area contributed by atoms with Crippen LogP contribution in [0.2, 0.25) is 0 Å². The third-order valence-corrected chi connectivity index (χ3v) is 6.59. The maximum atomic E-state index is 13.1. The Hall–Kier alpha value is -2.36. The quantitative estimate of drug-likeness (QED) is 0.652. The zero-order valence-electron chi connectivity index (χ0n) is 16.2. The maximum absolute atomic E-state index is 13.1. The van der Waals surface area contributed by atoms with Gasteiger partial charge in [0.2, 0.25) is 15.9 Å². The molecule has 1 aliphatic heterocycles. The number of sulfonamides is 1. The Morgan fingerprint density at radius 2 is 2.03 bits per heavy atom. The third-order valence-electron chi connectivity index (χ3n) is 4.78. The Morgan fingerprint density at radius 1 is 1.28 bits per heavy atom. The number of amides is 1. The Morgan fingerprint density at radius 3 is 2.66 bits per heavy atom. The van der Waals surface area contributed by atoms with Gasteiger partial charge in [0.05, 0.1) is 17.5 Å². The summed E-state index contributed by atoms with van der Waals surface area (Å²) in [5.41, 5.74) is 0.850. The number of halogens is 1. The molecule has 2 aromatic rings. The summed E-state index contributed by atoms with van der Waals surface area (Å²) in [5.74, 6) is -0.862. The smallest absolute Gasteiger partial charge is 0.243 e. The van der Waals surface area contributed by atoms with E-state index < -0.39 is 15.8 Å². The predicted octanol–water partition coefficient (Wildman–Crippen LogP) is 2.05. The Kier molecular flexibility index (Phi) is 6.94. The van der Waals surface area contributed by atoms with Gasteiger partial charge in [0, 0.05) is 39.1 Å². The minimum absolute atomic E-state index is 0.0605. The molecule has 1 aromatic carbocycles. The molecule has 9 heteroatoms. The van der Waals surface area contributed by atoms with Gasteiger partial charge in [-0.25, -0.2) is 12.8 Å². The SMILES string of the molecule is CN(CC(=O)N(Cc1cccnc1)CC1CCCO1)S(=O)(=O)c1ccc(F)cc1. The molecule has 0 aliphatic carbocycles. The maximum Gasteiger partial charge on any atom is 0.243 e. The third kappa shape index (κ3) is 5.59. The van der Waals surface area contributed by atoms with Crippen LogP contribution in [0, 0.1) is 5.82 Å². The first-order valence-electron chi connectivity index (χ1n) is 9.36. The number of benzene rings is 1. The first-order chi connectivity index (χ1) is 13.9. The van der Waals surface area contributed by atoms with Crippen LogP contribution in [0.25, 0.3) is 0 Å². The molecule has 156 valence electrons. The lowest BCUT2D eigenvalue weighted by atomic mass is 10.2. The summed E-state index contributed by atoms with van der Waals surface area (Å²) in [6.45, 7) is 1.04. The van der Waals surface area contributed by atoms with Crippen LogP contribution in [-0.4, -0.2) is 61.4 Å². The molecule has 1 amide bonds. The summed E-state index contributed by atoms with van der Waals surface area (Å²) >= 11 is 0. The molecule has 1 aliphatic rings. The highest BCUT2D eigenvalue weighted by molar-refractivity contribution is 7.89. The summed E-state index contributed by atoms with van der Waals surface area (Å²) in [4.78, 5) is 18.6. The number of pyridine rings is 1. The molecular weight excluding hydrogens is 397 g/mol. The lowest BCUT2D eigenvalue weighted by molar-refractivity contribution is -0.133. The molecule has 1 fully saturated rings. The van der Waals surface area contributed by atoms with Crippen molar-refractivity contribution in [3.63, 3.8) is 0 Å². The highest BCUT2D eigenvalue weighted by Gasteiger charge is 2.28. The number of rotatable bonds is 8. The first-order valence-corrected chi connectivity index (χ1v) is 10.8. The fourth-order valence-corrected chi connectivity index (χ4v) is 4.28. The molecule has 2 heterocycles. The van der Waals surface area contributed by atoms with Crippen LogP contribution in [-0.2, 0) is 26.1 Å². The van der Waals surface area contributed by atoms with Gasteiger partial charge in [0.25, 0.3) is 0 Å². The zero-order valence-corrected chi connectivity index (χ0v) is 17.0. The summed E-state index contributed by atoms with van der Waals surface area (Å²) in [6.07, 6.45) is 5.07. The van der Waals surface area contributed by atoms with Gasteiger partial charge in [-0.3, -0.25) is 9.78 Å². The molecule has 3 rings (SSSR count). The summed E-state index contributed by atoms with van der Waals surface area (Å²) in [6, 6.07) is 8.18. The largest absolute Gasteiger partial charge is 0.376 e. The van der Waals surface area contributed by atoms with Crippen LogP contribution in [0.15, 0.2) is 53.7 Å². The van der Waals surface area contributed by atoms with E-state index in [0.29, 0.717) is 19.7 Å². The Labute approximate surface area is 170 Å². The van der Waals surface area contributed by atoms with Crippen molar-refractivity contribution in [2.45, 2.75) is 30.4 Å². The standard InChI is InChI=1S/C20H24FN3O4S/c1-23(29(26,27)19-8-6-17(21)7-9-19)15-20(25)24(14-18-5-3-11-28-18)13-16-4-2-10-22-12-16/h2,4,6-10,12,18H,3,5,11,13-15H2,1H3. The lowest BCUT2D eigenvalue weighted by Crippen LogP contribution is -2.43. The van der Waals surface area contributed by atoms with Gasteiger partial charge in [-0.1, -0.05) is 6.07 Å². The minimum atomic E-state index is -3.91. The van der Waals surface area contributed by atoms with E-state index in [1.807, 2.05) is 6.07 Å². The normalized spacial score (nSPS) is 16.9. The van der Waals surface area contributed by atoms with Crippen molar-refractivity contribution in [3.05, 3.63) is 60.2 Å². The van der Waals surface area contributed by atoms with E-state index in [9.17, 15) is 17.6 Å². The van der Waals surface area contributed by atoms with Crippen LogP contribution in [0.4, 0.5) is 4.39 Å². The van der Waals surface area contributed by atoms with Gasteiger partial charge in [-0.15, -0.1) is 0 Å². The average Bonchev–Trinajstić information content (AvgIpc) is 3.21. The van der Waals surface area contributed by atoms with E-state index in [4.69, 9.17) is 4.74 Å². The first kappa shape index (κ1) is 21.4. The van der Waals surface area contributed by atoms with Crippen molar-refractivity contribution >= 4 is 15.9 Å². The second-order valence-electron chi connectivity index (χ2n) is 6.99. The van der Waals surface area contributed by atoms with Gasteiger partial charge in [0.15, 0.2) is 0 Å². The Bertz CT molecular complexity index is 917. The molecule has 0 radical (unpaired) electrons. The van der Waals surface area contributed by atoms with Crippen LogP contribution in [0.3, 0.4) is 0 Å². The van der Waals surface area contributed by atoms with Crippen LogP contribution in [0.1, 0.15) is 18.4 Å². The summed E-state index contributed by atoms with van der Waals surface area (Å²) in [7, 11) is -2.57. The van der Waals surface area contributed by atoms with E-state index >= 15 is 0 Å². The van der Waals surface area contributed by atoms with Gasteiger partial charge in [-0.05, 0) is 48.7 Å². The van der Waals surface area contributed by atoms with E-state index in [0.717, 1.165) is 34.8 Å². The average molecular weight is 421 g/mol. The van der Waals surface area contributed by atoms with E-state index in [-0.39, 0.29) is 23.5 Å². The molecule has 0 N–H and O–H groups in total. The second-order valence-corrected chi connectivity index (χ2v) is 9.03. The van der Waals surface area contributed by atoms with Gasteiger partial charge >= 0.3 is 0 Å².